The van der Waals surface area contributed by atoms with Gasteiger partial charge in [0.1, 0.15) is 10.9 Å². The van der Waals surface area contributed by atoms with Gasteiger partial charge in [-0.2, -0.15) is 5.11 Å². The van der Waals surface area contributed by atoms with E-state index >= 15 is 0 Å². The average molecular weight is 285 g/mol. The zero-order valence-corrected chi connectivity index (χ0v) is 10.7. The molecule has 0 aliphatic rings. The molecule has 0 radical (unpaired) electrons. The van der Waals surface area contributed by atoms with E-state index in [-0.39, 0.29) is 12.6 Å². The molecule has 4 nitrogen and oxygen atoms in total. The van der Waals surface area contributed by atoms with Gasteiger partial charge in [-0.05, 0) is 31.5 Å². The van der Waals surface area contributed by atoms with E-state index in [1.54, 1.807) is 38.1 Å². The van der Waals surface area contributed by atoms with Crippen LogP contribution in [-0.4, -0.2) is 10.3 Å². The van der Waals surface area contributed by atoms with Gasteiger partial charge in [0.05, 0.1) is 5.69 Å². The third kappa shape index (κ3) is 3.73. The molecule has 0 aromatic heterocycles. The molecule has 0 spiro atoms. The van der Waals surface area contributed by atoms with Gasteiger partial charge in [0.25, 0.3) is 0 Å². The first kappa shape index (κ1) is 12.8. The number of benzene rings is 1. The lowest BCUT2D eigenvalue weighted by molar-refractivity contribution is -0.146. The number of nitrogens with one attached hydrogen (secondary N) is 1. The second-order valence-corrected chi connectivity index (χ2v) is 5.81. The summed E-state index contributed by atoms with van der Waals surface area (Å²) in [5.41, 5.74) is 8.25. The fourth-order valence-electron chi connectivity index (χ4n) is 0.987. The minimum Gasteiger partial charge on any atom is -0.460 e. The quantitative estimate of drug-likeness (QED) is 0.522. The van der Waals surface area contributed by atoms with Crippen LogP contribution in [-0.2, 0) is 16.1 Å². The van der Waals surface area contributed by atoms with E-state index in [1.165, 1.54) is 0 Å². The van der Waals surface area contributed by atoms with Crippen LogP contribution in [0.1, 0.15) is 19.4 Å². The molecule has 5 heteroatoms. The van der Waals surface area contributed by atoms with Crippen LogP contribution in [0.2, 0.25) is 0 Å². The Labute approximate surface area is 103 Å². The van der Waals surface area contributed by atoms with Gasteiger partial charge in [0.15, 0.2) is 0 Å². The molecule has 1 aromatic carbocycles. The van der Waals surface area contributed by atoms with Crippen molar-refractivity contribution in [2.24, 2.45) is 5.11 Å². The normalized spacial score (nSPS) is 10.9. The lowest BCUT2D eigenvalue weighted by Crippen LogP contribution is -2.26. The van der Waals surface area contributed by atoms with Crippen molar-refractivity contribution in [1.29, 1.82) is 5.53 Å². The third-order valence-corrected chi connectivity index (χ3v) is 2.24. The van der Waals surface area contributed by atoms with Crippen molar-refractivity contribution < 1.29 is 9.53 Å². The number of nitrogens with zero attached hydrogens (tertiary/aromatic N) is 1. The largest absolute Gasteiger partial charge is 0.460 e. The summed E-state index contributed by atoms with van der Waals surface area (Å²) in [6.45, 7) is 3.70. The number of halogens is 1. The highest BCUT2D eigenvalue weighted by molar-refractivity contribution is 9.10. The number of hydrogen-bond donors (Lipinski definition) is 1. The summed E-state index contributed by atoms with van der Waals surface area (Å²) in [6.07, 6.45) is 0. The van der Waals surface area contributed by atoms with Gasteiger partial charge in [0, 0.05) is 0 Å². The Morgan fingerprint density at radius 1 is 1.44 bits per heavy atom. The molecular formula is C11H13BrN2O2. The van der Waals surface area contributed by atoms with E-state index in [0.717, 1.165) is 5.56 Å². The van der Waals surface area contributed by atoms with Crippen LogP contribution in [0, 0.1) is 5.53 Å². The first-order valence-electron chi connectivity index (χ1n) is 4.76. The second-order valence-electron chi connectivity index (χ2n) is 3.83. The summed E-state index contributed by atoms with van der Waals surface area (Å²) in [4.78, 5) is 11.4. The van der Waals surface area contributed by atoms with E-state index in [4.69, 9.17) is 10.3 Å². The molecule has 0 fully saturated rings. The minimum atomic E-state index is -0.663. The first-order chi connectivity index (χ1) is 7.43. The van der Waals surface area contributed by atoms with Crippen molar-refractivity contribution >= 4 is 27.6 Å². The Balaban J connectivity index is 2.55. The number of carbonyl (C=O) groups is 1. The van der Waals surface area contributed by atoms with Gasteiger partial charge in [-0.3, -0.25) is 4.79 Å². The summed E-state index contributed by atoms with van der Waals surface area (Å²) in [6, 6.07) is 6.97. The topological polar surface area (TPSA) is 62.5 Å². The van der Waals surface area contributed by atoms with E-state index in [2.05, 4.69) is 21.0 Å². The average Bonchev–Trinajstić information content (AvgIpc) is 2.25. The van der Waals surface area contributed by atoms with Gasteiger partial charge in [0.2, 0.25) is 0 Å². The Bertz CT molecular complexity index is 382. The second kappa shape index (κ2) is 5.21. The molecule has 0 unspecified atom stereocenters. The summed E-state index contributed by atoms with van der Waals surface area (Å²) < 4.78 is 4.44. The lowest BCUT2D eigenvalue weighted by atomic mass is 10.2. The van der Waals surface area contributed by atoms with Crippen molar-refractivity contribution in [1.82, 2.24) is 0 Å². The van der Waals surface area contributed by atoms with Crippen molar-refractivity contribution in [3.05, 3.63) is 29.8 Å². The molecule has 0 atom stereocenters. The van der Waals surface area contributed by atoms with Gasteiger partial charge < -0.3 is 4.74 Å². The number of carbonyl (C=O) groups excluding carboxylic acids is 1. The molecule has 1 aromatic rings. The molecule has 0 amide bonds. The highest BCUT2D eigenvalue weighted by Crippen LogP contribution is 2.19. The molecule has 0 aliphatic heterocycles. The minimum absolute atomic E-state index is 0.228. The maximum atomic E-state index is 11.4. The Morgan fingerprint density at radius 3 is 2.44 bits per heavy atom. The molecule has 16 heavy (non-hydrogen) atoms. The predicted octanol–water partition coefficient (Wildman–Crippen LogP) is 3.57. The van der Waals surface area contributed by atoms with Crippen LogP contribution in [0.5, 0.6) is 0 Å². The number of ether oxygens (including phenoxy) is 1. The molecule has 0 heterocycles. The van der Waals surface area contributed by atoms with Gasteiger partial charge in [-0.1, -0.05) is 28.1 Å². The molecule has 0 aliphatic carbocycles. The summed E-state index contributed by atoms with van der Waals surface area (Å²) in [5, 5.41) is 3.28. The Kier molecular flexibility index (Phi) is 4.18. The molecule has 1 N–H and O–H groups in total. The van der Waals surface area contributed by atoms with E-state index < -0.39 is 4.32 Å². The fourth-order valence-corrected chi connectivity index (χ4v) is 1.10. The van der Waals surface area contributed by atoms with E-state index in [0.29, 0.717) is 5.69 Å². The van der Waals surface area contributed by atoms with Crippen molar-refractivity contribution in [2.75, 3.05) is 0 Å². The number of rotatable bonds is 4. The highest BCUT2D eigenvalue weighted by atomic mass is 79.9. The van der Waals surface area contributed by atoms with Gasteiger partial charge in [-0.15, -0.1) is 0 Å². The number of alkyl halides is 1. The van der Waals surface area contributed by atoms with Crippen LogP contribution in [0.3, 0.4) is 0 Å². The summed E-state index contributed by atoms with van der Waals surface area (Å²) in [7, 11) is 0. The molecule has 0 bridgehead atoms. The number of esters is 1. The van der Waals surface area contributed by atoms with Crippen LogP contribution in [0.4, 0.5) is 5.69 Å². The third-order valence-electron chi connectivity index (χ3n) is 1.92. The maximum absolute atomic E-state index is 11.4. The molecule has 86 valence electrons. The smallest absolute Gasteiger partial charge is 0.322 e. The maximum Gasteiger partial charge on any atom is 0.322 e. The van der Waals surface area contributed by atoms with Gasteiger partial charge in [-0.25, -0.2) is 5.53 Å². The molecule has 1 rings (SSSR count). The van der Waals surface area contributed by atoms with E-state index in [1.807, 2.05) is 0 Å². The van der Waals surface area contributed by atoms with Crippen molar-refractivity contribution in [3.8, 4) is 0 Å². The van der Waals surface area contributed by atoms with Gasteiger partial charge >= 0.3 is 5.97 Å². The monoisotopic (exact) mass is 284 g/mol. The van der Waals surface area contributed by atoms with Crippen molar-refractivity contribution in [2.45, 2.75) is 24.8 Å². The van der Waals surface area contributed by atoms with E-state index in [9.17, 15) is 4.79 Å². The zero-order chi connectivity index (χ0) is 12.2. The predicted molar refractivity (Wildman–Crippen MR) is 64.1 cm³/mol. The SMILES string of the molecule is CC(C)(Br)C(=O)OCc1ccc(N=N)cc1. The fraction of sp³-hybridized carbons (Fsp3) is 0.364. The summed E-state index contributed by atoms with van der Waals surface area (Å²) >= 11 is 3.23. The highest BCUT2D eigenvalue weighted by Gasteiger charge is 2.25. The van der Waals surface area contributed by atoms with Crippen LogP contribution in [0.15, 0.2) is 29.4 Å². The Hall–Kier alpha value is -1.23. The number of hydrogen-bond acceptors (Lipinski definition) is 4. The van der Waals surface area contributed by atoms with Crippen LogP contribution >= 0.6 is 15.9 Å². The Morgan fingerprint density at radius 2 is 2.00 bits per heavy atom. The first-order valence-corrected chi connectivity index (χ1v) is 5.55. The molecular weight excluding hydrogens is 272 g/mol. The molecule has 0 saturated heterocycles. The molecule has 0 saturated carbocycles. The summed E-state index contributed by atoms with van der Waals surface area (Å²) in [5.74, 6) is -0.304. The van der Waals surface area contributed by atoms with Crippen LogP contribution < -0.4 is 0 Å². The lowest BCUT2D eigenvalue weighted by Gasteiger charge is -2.14. The van der Waals surface area contributed by atoms with Crippen LogP contribution in [0.25, 0.3) is 0 Å². The zero-order valence-electron chi connectivity index (χ0n) is 9.16. The van der Waals surface area contributed by atoms with Crippen molar-refractivity contribution in [3.63, 3.8) is 0 Å². The standard InChI is InChI=1S/C11H13BrN2O2/c1-11(2,12)10(15)16-7-8-3-5-9(14-13)6-4-8/h3-6,13H,7H2,1-2H3.